The summed E-state index contributed by atoms with van der Waals surface area (Å²) < 4.78 is 12.7. The number of fused-ring (bicyclic) bond motifs is 1. The first-order chi connectivity index (χ1) is 14.2. The number of aryl methyl sites for hydroxylation is 2. The van der Waals surface area contributed by atoms with Gasteiger partial charge in [-0.25, -0.2) is 9.97 Å². The summed E-state index contributed by atoms with van der Waals surface area (Å²) in [6, 6.07) is 9.55. The first-order valence-electron chi connectivity index (χ1n) is 9.94. The second kappa shape index (κ2) is 9.91. The zero-order chi connectivity index (χ0) is 20.6. The molecule has 7 nitrogen and oxygen atoms in total. The van der Waals surface area contributed by atoms with Crippen molar-refractivity contribution in [3.8, 4) is 11.5 Å². The number of imidazole rings is 1. The second-order valence-electron chi connectivity index (χ2n) is 6.80. The molecule has 0 aliphatic carbocycles. The maximum Gasteiger partial charge on any atom is 0.220 e. The van der Waals surface area contributed by atoms with E-state index in [4.69, 9.17) is 9.47 Å². The van der Waals surface area contributed by atoms with Crippen molar-refractivity contribution < 1.29 is 14.3 Å². The van der Waals surface area contributed by atoms with Crippen molar-refractivity contribution in [3.63, 3.8) is 0 Å². The topological polar surface area (TPSA) is 78.3 Å². The Hall–Kier alpha value is -3.09. The van der Waals surface area contributed by atoms with Gasteiger partial charge in [-0.05, 0) is 36.6 Å². The number of amides is 1. The Morgan fingerprint density at radius 2 is 2.03 bits per heavy atom. The van der Waals surface area contributed by atoms with Crippen LogP contribution in [0.1, 0.15) is 31.2 Å². The molecule has 0 atom stereocenters. The van der Waals surface area contributed by atoms with Crippen LogP contribution in [0.25, 0.3) is 11.2 Å². The van der Waals surface area contributed by atoms with E-state index >= 15 is 0 Å². The third-order valence-corrected chi connectivity index (χ3v) is 4.82. The van der Waals surface area contributed by atoms with Crippen molar-refractivity contribution in [1.29, 1.82) is 0 Å². The highest BCUT2D eigenvalue weighted by atomic mass is 16.5. The summed E-state index contributed by atoms with van der Waals surface area (Å²) >= 11 is 0. The minimum Gasteiger partial charge on any atom is -0.497 e. The Labute approximate surface area is 171 Å². The van der Waals surface area contributed by atoms with E-state index in [1.165, 1.54) is 0 Å². The lowest BCUT2D eigenvalue weighted by molar-refractivity contribution is -0.121. The number of nitrogens with one attached hydrogen (secondary N) is 1. The van der Waals surface area contributed by atoms with Gasteiger partial charge in [-0.3, -0.25) is 4.79 Å². The maximum atomic E-state index is 12.3. The minimum atomic E-state index is 0.0144. The van der Waals surface area contributed by atoms with Crippen molar-refractivity contribution in [2.24, 2.45) is 0 Å². The highest BCUT2D eigenvalue weighted by Crippen LogP contribution is 2.24. The molecule has 29 heavy (non-hydrogen) atoms. The summed E-state index contributed by atoms with van der Waals surface area (Å²) in [5, 5.41) is 2.99. The van der Waals surface area contributed by atoms with Gasteiger partial charge >= 0.3 is 0 Å². The van der Waals surface area contributed by atoms with Crippen LogP contribution in [0, 0.1) is 0 Å². The number of rotatable bonds is 10. The summed E-state index contributed by atoms with van der Waals surface area (Å²) in [4.78, 5) is 21.4. The van der Waals surface area contributed by atoms with Crippen LogP contribution in [0.2, 0.25) is 0 Å². The number of hydrogen-bond acceptors (Lipinski definition) is 5. The molecule has 0 unspecified atom stereocenters. The van der Waals surface area contributed by atoms with Crippen LogP contribution in [0.3, 0.4) is 0 Å². The van der Waals surface area contributed by atoms with Crippen LogP contribution < -0.4 is 14.8 Å². The number of pyridine rings is 1. The van der Waals surface area contributed by atoms with Gasteiger partial charge in [-0.2, -0.15) is 0 Å². The Morgan fingerprint density at radius 3 is 2.79 bits per heavy atom. The Bertz CT molecular complexity index is 968. The molecule has 0 saturated heterocycles. The summed E-state index contributed by atoms with van der Waals surface area (Å²) in [5.74, 6) is 2.44. The number of methoxy groups -OCH3 is 2. The van der Waals surface area contributed by atoms with Gasteiger partial charge in [-0.1, -0.05) is 13.0 Å². The van der Waals surface area contributed by atoms with Crippen LogP contribution in [0.5, 0.6) is 11.5 Å². The Kier molecular flexibility index (Phi) is 7.05. The Morgan fingerprint density at radius 1 is 1.17 bits per heavy atom. The summed E-state index contributed by atoms with van der Waals surface area (Å²) in [5.41, 5.74) is 2.80. The maximum absolute atomic E-state index is 12.3. The second-order valence-corrected chi connectivity index (χ2v) is 6.80. The van der Waals surface area contributed by atoms with Gasteiger partial charge in [0.1, 0.15) is 22.8 Å². The van der Waals surface area contributed by atoms with Crippen LogP contribution in [0.4, 0.5) is 0 Å². The molecule has 0 spiro atoms. The van der Waals surface area contributed by atoms with E-state index in [0.717, 1.165) is 47.0 Å². The van der Waals surface area contributed by atoms with Gasteiger partial charge in [-0.15, -0.1) is 0 Å². The van der Waals surface area contributed by atoms with Crippen molar-refractivity contribution in [2.75, 3.05) is 20.8 Å². The molecule has 2 heterocycles. The number of aromatic nitrogens is 3. The Balaban J connectivity index is 1.54. The molecule has 0 fully saturated rings. The van der Waals surface area contributed by atoms with Crippen LogP contribution in [-0.4, -0.2) is 41.2 Å². The van der Waals surface area contributed by atoms with E-state index in [2.05, 4.69) is 26.8 Å². The molecular weight excluding hydrogens is 368 g/mol. The van der Waals surface area contributed by atoms with Crippen LogP contribution in [-0.2, 0) is 24.2 Å². The van der Waals surface area contributed by atoms with Gasteiger partial charge in [0.25, 0.3) is 0 Å². The van der Waals surface area contributed by atoms with E-state index in [1.54, 1.807) is 20.4 Å². The number of carbonyl (C=O) groups is 1. The molecule has 0 radical (unpaired) electrons. The predicted molar refractivity (Wildman–Crippen MR) is 112 cm³/mol. The highest BCUT2D eigenvalue weighted by molar-refractivity contribution is 5.76. The predicted octanol–water partition coefficient (Wildman–Crippen LogP) is 3.15. The van der Waals surface area contributed by atoms with Gasteiger partial charge in [0, 0.05) is 38.2 Å². The third kappa shape index (κ3) is 5.04. The molecule has 0 bridgehead atoms. The zero-order valence-electron chi connectivity index (χ0n) is 17.3. The number of nitrogens with zero attached hydrogens (tertiary/aromatic N) is 3. The fraction of sp³-hybridized carbons (Fsp3) is 0.409. The lowest BCUT2D eigenvalue weighted by Gasteiger charge is -2.11. The van der Waals surface area contributed by atoms with Gasteiger partial charge < -0.3 is 19.4 Å². The summed E-state index contributed by atoms with van der Waals surface area (Å²) in [6.07, 6.45) is 4.45. The number of ether oxygens (including phenoxy) is 2. The fourth-order valence-corrected chi connectivity index (χ4v) is 3.36. The number of benzene rings is 1. The molecule has 7 heteroatoms. The quantitative estimate of drug-likeness (QED) is 0.570. The number of hydrogen-bond donors (Lipinski definition) is 1. The molecule has 0 aliphatic heterocycles. The SMILES string of the molecule is CCCn1c(CCC(=O)NCCc2ccc(OC)cc2OC)nc2cccnc21. The average molecular weight is 396 g/mol. The van der Waals surface area contributed by atoms with E-state index in [0.29, 0.717) is 25.8 Å². The lowest BCUT2D eigenvalue weighted by atomic mass is 10.1. The van der Waals surface area contributed by atoms with Gasteiger partial charge in [0.05, 0.1) is 14.2 Å². The van der Waals surface area contributed by atoms with E-state index in [1.807, 2.05) is 30.3 Å². The molecule has 0 saturated carbocycles. The van der Waals surface area contributed by atoms with Gasteiger partial charge in [0.2, 0.25) is 5.91 Å². The summed E-state index contributed by atoms with van der Waals surface area (Å²) in [7, 11) is 3.26. The fourth-order valence-electron chi connectivity index (χ4n) is 3.36. The van der Waals surface area contributed by atoms with E-state index < -0.39 is 0 Å². The molecule has 3 aromatic rings. The molecule has 2 aromatic heterocycles. The third-order valence-electron chi connectivity index (χ3n) is 4.82. The first kappa shape index (κ1) is 20.6. The van der Waals surface area contributed by atoms with Crippen molar-refractivity contribution in [2.45, 2.75) is 39.2 Å². The van der Waals surface area contributed by atoms with E-state index in [9.17, 15) is 4.79 Å². The summed E-state index contributed by atoms with van der Waals surface area (Å²) in [6.45, 7) is 3.52. The zero-order valence-corrected chi connectivity index (χ0v) is 17.3. The van der Waals surface area contributed by atoms with Crippen molar-refractivity contribution in [3.05, 3.63) is 47.9 Å². The molecule has 3 rings (SSSR count). The average Bonchev–Trinajstić information content (AvgIpc) is 3.10. The van der Waals surface area contributed by atoms with Crippen molar-refractivity contribution in [1.82, 2.24) is 19.9 Å². The number of carbonyl (C=O) groups excluding carboxylic acids is 1. The van der Waals surface area contributed by atoms with Crippen LogP contribution >= 0.6 is 0 Å². The first-order valence-corrected chi connectivity index (χ1v) is 9.94. The standard InChI is InChI=1S/C22H28N4O3/c1-4-14-26-20(25-18-6-5-12-24-22(18)26)9-10-21(27)23-13-11-16-7-8-17(28-2)15-19(16)29-3/h5-8,12,15H,4,9-11,13-14H2,1-3H3,(H,23,27). The molecule has 154 valence electrons. The molecule has 0 aliphatic rings. The monoisotopic (exact) mass is 396 g/mol. The molecular formula is C22H28N4O3. The smallest absolute Gasteiger partial charge is 0.220 e. The van der Waals surface area contributed by atoms with Gasteiger partial charge in [0.15, 0.2) is 5.65 Å². The molecule has 1 N–H and O–H groups in total. The molecule has 1 aromatic carbocycles. The highest BCUT2D eigenvalue weighted by Gasteiger charge is 2.13. The lowest BCUT2D eigenvalue weighted by Crippen LogP contribution is -2.26. The minimum absolute atomic E-state index is 0.0144. The largest absolute Gasteiger partial charge is 0.497 e. The normalized spacial score (nSPS) is 10.9. The molecule has 1 amide bonds. The van der Waals surface area contributed by atoms with Crippen LogP contribution in [0.15, 0.2) is 36.5 Å². The van der Waals surface area contributed by atoms with E-state index in [-0.39, 0.29) is 5.91 Å². The van der Waals surface area contributed by atoms with Crippen molar-refractivity contribution >= 4 is 17.1 Å².